The molecular formula is C28H29FN2O. The number of benzene rings is 3. The summed E-state index contributed by atoms with van der Waals surface area (Å²) in [6.45, 7) is 2.78. The minimum Gasteiger partial charge on any atom is -0.458 e. The lowest BCUT2D eigenvalue weighted by atomic mass is 9.84. The molecule has 164 valence electrons. The average molecular weight is 429 g/mol. The first-order valence-corrected chi connectivity index (χ1v) is 11.5. The van der Waals surface area contributed by atoms with Crippen molar-refractivity contribution in [2.24, 2.45) is 0 Å². The lowest BCUT2D eigenvalue weighted by Crippen LogP contribution is -2.20. The number of imidazole rings is 1. The fourth-order valence-corrected chi connectivity index (χ4v) is 4.67. The van der Waals surface area contributed by atoms with Gasteiger partial charge in [-0.1, -0.05) is 67.8 Å². The first kappa shape index (κ1) is 20.7. The topological polar surface area (TPSA) is 37.9 Å². The van der Waals surface area contributed by atoms with Crippen LogP contribution in [-0.2, 0) is 0 Å². The molecule has 4 heteroatoms. The summed E-state index contributed by atoms with van der Waals surface area (Å²) < 4.78 is 19.1. The molecule has 3 nitrogen and oxygen atoms in total. The Balaban J connectivity index is 1.34. The Morgan fingerprint density at radius 1 is 0.844 bits per heavy atom. The van der Waals surface area contributed by atoms with Crippen molar-refractivity contribution in [1.82, 2.24) is 9.97 Å². The minimum atomic E-state index is -1.72. The van der Waals surface area contributed by atoms with Crippen molar-refractivity contribution >= 4 is 11.0 Å². The van der Waals surface area contributed by atoms with Crippen molar-refractivity contribution in [1.29, 1.82) is 0 Å². The molecule has 1 N–H and O–H groups in total. The standard InChI is InChI=1S/C28H29FN2O/c1-28(2,29)32-24-16-17-25-26(18-24)31-27(30-25)23-14-12-22(13-15-23)21-10-8-20(9-11-21)19-6-4-3-5-7-19/h8-19H,3-7H2,1-2H3,(H,30,31). The van der Waals surface area contributed by atoms with Crippen molar-refractivity contribution in [3.05, 3.63) is 72.3 Å². The zero-order chi connectivity index (χ0) is 22.1. The van der Waals surface area contributed by atoms with Gasteiger partial charge >= 0.3 is 0 Å². The van der Waals surface area contributed by atoms with Gasteiger partial charge in [-0.05, 0) is 47.6 Å². The van der Waals surface area contributed by atoms with Crippen molar-refractivity contribution in [3.63, 3.8) is 0 Å². The molecule has 32 heavy (non-hydrogen) atoms. The number of halogens is 1. The fourth-order valence-electron chi connectivity index (χ4n) is 4.67. The SMILES string of the molecule is CC(C)(F)Oc1ccc2nc(-c3ccc(-c4ccc(C5CCCCC5)cc4)cc3)[nH]c2c1. The van der Waals surface area contributed by atoms with Gasteiger partial charge in [-0.2, -0.15) is 4.39 Å². The predicted molar refractivity (Wildman–Crippen MR) is 129 cm³/mol. The summed E-state index contributed by atoms with van der Waals surface area (Å²) in [5, 5.41) is 0. The molecule has 1 aromatic heterocycles. The smallest absolute Gasteiger partial charge is 0.242 e. The summed E-state index contributed by atoms with van der Waals surface area (Å²) in [5.41, 5.74) is 6.57. The van der Waals surface area contributed by atoms with Crippen molar-refractivity contribution in [2.75, 3.05) is 0 Å². The van der Waals surface area contributed by atoms with Crippen molar-refractivity contribution in [3.8, 4) is 28.3 Å². The highest BCUT2D eigenvalue weighted by atomic mass is 19.2. The van der Waals surface area contributed by atoms with E-state index < -0.39 is 5.85 Å². The molecule has 1 heterocycles. The maximum Gasteiger partial charge on any atom is 0.242 e. The second-order valence-corrected chi connectivity index (χ2v) is 9.26. The van der Waals surface area contributed by atoms with Gasteiger partial charge in [0.25, 0.3) is 0 Å². The highest BCUT2D eigenvalue weighted by molar-refractivity contribution is 5.81. The summed E-state index contributed by atoms with van der Waals surface area (Å²) in [7, 11) is 0. The number of fused-ring (bicyclic) bond motifs is 1. The number of nitrogens with zero attached hydrogens (tertiary/aromatic N) is 1. The first-order chi connectivity index (χ1) is 15.4. The molecule has 3 aromatic carbocycles. The molecule has 1 fully saturated rings. The van der Waals surface area contributed by atoms with E-state index in [1.54, 1.807) is 12.1 Å². The number of aromatic nitrogens is 2. The molecule has 5 rings (SSSR count). The second-order valence-electron chi connectivity index (χ2n) is 9.26. The molecule has 0 radical (unpaired) electrons. The maximum absolute atomic E-state index is 13.8. The van der Waals surface area contributed by atoms with Crippen LogP contribution in [0.5, 0.6) is 5.75 Å². The van der Waals surface area contributed by atoms with Gasteiger partial charge in [0.1, 0.15) is 11.6 Å². The fraction of sp³-hybridized carbons (Fsp3) is 0.321. The number of rotatable bonds is 5. The lowest BCUT2D eigenvalue weighted by molar-refractivity contribution is -0.0256. The molecule has 0 aliphatic heterocycles. The minimum absolute atomic E-state index is 0.479. The molecule has 0 amide bonds. The van der Waals surface area contributed by atoms with E-state index in [0.29, 0.717) is 5.75 Å². The Morgan fingerprint density at radius 2 is 1.47 bits per heavy atom. The monoisotopic (exact) mass is 428 g/mol. The summed E-state index contributed by atoms with van der Waals surface area (Å²) in [5.74, 6) is 0.277. The maximum atomic E-state index is 13.8. The zero-order valence-electron chi connectivity index (χ0n) is 18.7. The van der Waals surface area contributed by atoms with Crippen LogP contribution in [0.25, 0.3) is 33.5 Å². The molecule has 0 bridgehead atoms. The number of hydrogen-bond donors (Lipinski definition) is 1. The molecule has 0 unspecified atom stereocenters. The number of ether oxygens (including phenoxy) is 1. The molecule has 4 aromatic rings. The molecule has 1 aliphatic carbocycles. The quantitative estimate of drug-likeness (QED) is 0.349. The zero-order valence-corrected chi connectivity index (χ0v) is 18.7. The average Bonchev–Trinajstić information content (AvgIpc) is 3.22. The molecular weight excluding hydrogens is 399 g/mol. The largest absolute Gasteiger partial charge is 0.458 e. The van der Waals surface area contributed by atoms with E-state index in [1.807, 2.05) is 6.07 Å². The van der Waals surface area contributed by atoms with E-state index in [2.05, 4.69) is 58.5 Å². The van der Waals surface area contributed by atoms with Gasteiger partial charge in [0.2, 0.25) is 5.85 Å². The number of alkyl halides is 1. The van der Waals surface area contributed by atoms with Gasteiger partial charge in [0.15, 0.2) is 0 Å². The molecule has 0 atom stereocenters. The van der Waals surface area contributed by atoms with Crippen LogP contribution >= 0.6 is 0 Å². The van der Waals surface area contributed by atoms with E-state index in [0.717, 1.165) is 28.3 Å². The van der Waals surface area contributed by atoms with E-state index in [-0.39, 0.29) is 0 Å². The van der Waals surface area contributed by atoms with E-state index in [9.17, 15) is 4.39 Å². The van der Waals surface area contributed by atoms with Gasteiger partial charge < -0.3 is 9.72 Å². The number of aromatic amines is 1. The lowest BCUT2D eigenvalue weighted by Gasteiger charge is -2.22. The normalized spacial score (nSPS) is 15.2. The third-order valence-electron chi connectivity index (χ3n) is 6.29. The Hall–Kier alpha value is -3.14. The first-order valence-electron chi connectivity index (χ1n) is 11.5. The highest BCUT2D eigenvalue weighted by Crippen LogP contribution is 2.34. The van der Waals surface area contributed by atoms with Gasteiger partial charge in [-0.15, -0.1) is 0 Å². The predicted octanol–water partition coefficient (Wildman–Crippen LogP) is 8.03. The van der Waals surface area contributed by atoms with Crippen LogP contribution in [0.3, 0.4) is 0 Å². The van der Waals surface area contributed by atoms with E-state index in [1.165, 1.54) is 62.6 Å². The van der Waals surface area contributed by atoms with Crippen LogP contribution < -0.4 is 4.74 Å². The molecule has 1 aliphatic rings. The Labute approximate surface area is 188 Å². The van der Waals surface area contributed by atoms with Gasteiger partial charge in [-0.3, -0.25) is 0 Å². The van der Waals surface area contributed by atoms with Crippen LogP contribution in [-0.4, -0.2) is 15.8 Å². The van der Waals surface area contributed by atoms with Crippen LogP contribution in [0, 0.1) is 0 Å². The van der Waals surface area contributed by atoms with Gasteiger partial charge in [0.05, 0.1) is 11.0 Å². The third-order valence-corrected chi connectivity index (χ3v) is 6.29. The Morgan fingerprint density at radius 3 is 2.12 bits per heavy atom. The molecule has 1 saturated carbocycles. The number of H-pyrrole nitrogens is 1. The summed E-state index contributed by atoms with van der Waals surface area (Å²) in [4.78, 5) is 8.01. The third kappa shape index (κ3) is 4.55. The second kappa shape index (κ2) is 8.42. The van der Waals surface area contributed by atoms with E-state index >= 15 is 0 Å². The van der Waals surface area contributed by atoms with Gasteiger partial charge in [-0.25, -0.2) is 4.98 Å². The number of hydrogen-bond acceptors (Lipinski definition) is 2. The molecule has 0 spiro atoms. The van der Waals surface area contributed by atoms with Crippen LogP contribution in [0.15, 0.2) is 66.7 Å². The number of nitrogens with one attached hydrogen (secondary N) is 1. The van der Waals surface area contributed by atoms with Crippen molar-refractivity contribution in [2.45, 2.75) is 57.7 Å². The van der Waals surface area contributed by atoms with Crippen LogP contribution in [0.4, 0.5) is 4.39 Å². The highest BCUT2D eigenvalue weighted by Gasteiger charge is 2.18. The molecule has 0 saturated heterocycles. The van der Waals surface area contributed by atoms with Crippen LogP contribution in [0.1, 0.15) is 57.4 Å². The van der Waals surface area contributed by atoms with E-state index in [4.69, 9.17) is 4.74 Å². The van der Waals surface area contributed by atoms with Crippen molar-refractivity contribution < 1.29 is 9.13 Å². The van der Waals surface area contributed by atoms with Crippen LogP contribution in [0.2, 0.25) is 0 Å². The summed E-state index contributed by atoms with van der Waals surface area (Å²) in [6.07, 6.45) is 6.75. The Bertz CT molecular complexity index is 1200. The summed E-state index contributed by atoms with van der Waals surface area (Å²) >= 11 is 0. The van der Waals surface area contributed by atoms with Gasteiger partial charge in [0, 0.05) is 25.5 Å². The summed E-state index contributed by atoms with van der Waals surface area (Å²) in [6, 6.07) is 22.9. The Kier molecular flexibility index (Phi) is 5.46.